The summed E-state index contributed by atoms with van der Waals surface area (Å²) in [7, 11) is 1.74. The van der Waals surface area contributed by atoms with Crippen LogP contribution < -0.4 is 5.32 Å². The highest BCUT2D eigenvalue weighted by Crippen LogP contribution is 2.54. The number of aromatic nitrogens is 2. The molecule has 1 atom stereocenters. The molecule has 1 aliphatic carbocycles. The Hall–Kier alpha value is -0.870. The van der Waals surface area contributed by atoms with Crippen LogP contribution in [-0.4, -0.2) is 29.8 Å². The van der Waals surface area contributed by atoms with E-state index in [9.17, 15) is 0 Å². The van der Waals surface area contributed by atoms with Gasteiger partial charge in [0.25, 0.3) is 0 Å². The van der Waals surface area contributed by atoms with Crippen LogP contribution in [-0.2, 0) is 11.3 Å². The monoisotopic (exact) mass is 221 g/mol. The standard InChI is InChI=1S/C12H19N3O/c1-16-8-7-15-6-5-13-11(15)10-12(9-14-10)3-2-4-12/h5-6,10,14H,2-4,7-9H2,1H3/t10-/m1/s1. The second kappa shape index (κ2) is 3.86. The van der Waals surface area contributed by atoms with Crippen LogP contribution in [0.4, 0.5) is 0 Å². The van der Waals surface area contributed by atoms with Gasteiger partial charge in [-0.1, -0.05) is 6.42 Å². The third-order valence-electron chi connectivity index (χ3n) is 4.16. The number of nitrogens with one attached hydrogen (secondary N) is 1. The highest BCUT2D eigenvalue weighted by Gasteiger charge is 2.52. The lowest BCUT2D eigenvalue weighted by molar-refractivity contribution is -0.0121. The Morgan fingerprint density at radius 1 is 1.62 bits per heavy atom. The molecule has 1 aromatic rings. The van der Waals surface area contributed by atoms with E-state index in [0.717, 1.165) is 13.2 Å². The van der Waals surface area contributed by atoms with Gasteiger partial charge < -0.3 is 14.6 Å². The Balaban J connectivity index is 1.76. The zero-order chi connectivity index (χ0) is 11.0. The summed E-state index contributed by atoms with van der Waals surface area (Å²) >= 11 is 0. The van der Waals surface area contributed by atoms with E-state index >= 15 is 0 Å². The van der Waals surface area contributed by atoms with Crippen LogP contribution in [0, 0.1) is 5.41 Å². The summed E-state index contributed by atoms with van der Waals surface area (Å²) in [6, 6.07) is 0.480. The summed E-state index contributed by atoms with van der Waals surface area (Å²) in [6.07, 6.45) is 8.07. The van der Waals surface area contributed by atoms with Gasteiger partial charge in [-0.3, -0.25) is 0 Å². The SMILES string of the molecule is COCCn1ccnc1[C@H]1NCC12CCC2. The predicted octanol–water partition coefficient (Wildman–Crippen LogP) is 1.34. The van der Waals surface area contributed by atoms with Gasteiger partial charge >= 0.3 is 0 Å². The molecule has 1 spiro atoms. The van der Waals surface area contributed by atoms with Gasteiger partial charge in [-0.05, 0) is 12.8 Å². The van der Waals surface area contributed by atoms with E-state index in [-0.39, 0.29) is 0 Å². The van der Waals surface area contributed by atoms with Crippen molar-refractivity contribution < 1.29 is 4.74 Å². The van der Waals surface area contributed by atoms with Gasteiger partial charge in [0, 0.05) is 38.0 Å². The van der Waals surface area contributed by atoms with Gasteiger partial charge in [0.2, 0.25) is 0 Å². The van der Waals surface area contributed by atoms with Crippen molar-refractivity contribution in [2.45, 2.75) is 31.8 Å². The van der Waals surface area contributed by atoms with Crippen molar-refractivity contribution in [1.82, 2.24) is 14.9 Å². The Bertz CT molecular complexity index is 365. The van der Waals surface area contributed by atoms with Crippen LogP contribution in [0.3, 0.4) is 0 Å². The highest BCUT2D eigenvalue weighted by molar-refractivity contribution is 5.16. The number of rotatable bonds is 4. The fourth-order valence-corrected chi connectivity index (χ4v) is 2.91. The summed E-state index contributed by atoms with van der Waals surface area (Å²) in [6.45, 7) is 2.83. The van der Waals surface area contributed by atoms with Gasteiger partial charge in [0.05, 0.1) is 12.6 Å². The average molecular weight is 221 g/mol. The van der Waals surface area contributed by atoms with Gasteiger partial charge in [-0.2, -0.15) is 0 Å². The minimum atomic E-state index is 0.480. The van der Waals surface area contributed by atoms with Gasteiger partial charge in [0.1, 0.15) is 5.82 Å². The molecule has 4 heteroatoms. The number of hydrogen-bond donors (Lipinski definition) is 1. The Morgan fingerprint density at radius 3 is 3.06 bits per heavy atom. The van der Waals surface area contributed by atoms with E-state index in [4.69, 9.17) is 4.74 Å². The molecule has 3 rings (SSSR count). The first-order valence-corrected chi connectivity index (χ1v) is 6.09. The van der Waals surface area contributed by atoms with Crippen molar-refractivity contribution in [3.63, 3.8) is 0 Å². The molecule has 4 nitrogen and oxygen atoms in total. The molecule has 0 bridgehead atoms. The van der Waals surface area contributed by atoms with Gasteiger partial charge in [0.15, 0.2) is 0 Å². The van der Waals surface area contributed by atoms with E-state index in [1.165, 1.54) is 31.6 Å². The first-order chi connectivity index (χ1) is 7.86. The summed E-state index contributed by atoms with van der Waals surface area (Å²) in [5, 5.41) is 3.53. The van der Waals surface area contributed by atoms with E-state index in [2.05, 4.69) is 21.1 Å². The van der Waals surface area contributed by atoms with Crippen LogP contribution in [0.1, 0.15) is 31.1 Å². The molecule has 0 unspecified atom stereocenters. The first-order valence-electron chi connectivity index (χ1n) is 6.09. The maximum absolute atomic E-state index is 5.12. The van der Waals surface area contributed by atoms with Crippen LogP contribution >= 0.6 is 0 Å². The van der Waals surface area contributed by atoms with Gasteiger partial charge in [-0.15, -0.1) is 0 Å². The molecule has 0 amide bonds. The first kappa shape index (κ1) is 10.3. The molecular weight excluding hydrogens is 202 g/mol. The minimum absolute atomic E-state index is 0.480. The van der Waals surface area contributed by atoms with Crippen molar-refractivity contribution in [1.29, 1.82) is 0 Å². The third kappa shape index (κ3) is 1.40. The quantitative estimate of drug-likeness (QED) is 0.834. The van der Waals surface area contributed by atoms with Crippen LogP contribution in [0.2, 0.25) is 0 Å². The molecule has 1 aromatic heterocycles. The molecule has 88 valence electrons. The predicted molar refractivity (Wildman–Crippen MR) is 61.1 cm³/mol. The molecule has 2 heterocycles. The largest absolute Gasteiger partial charge is 0.383 e. The molecule has 2 aliphatic rings. The molecule has 1 N–H and O–H groups in total. The molecular formula is C12H19N3O. The fraction of sp³-hybridized carbons (Fsp3) is 0.750. The van der Waals surface area contributed by atoms with Crippen LogP contribution in [0.15, 0.2) is 12.4 Å². The number of ether oxygens (including phenoxy) is 1. The van der Waals surface area contributed by atoms with E-state index in [1.807, 2.05) is 6.20 Å². The van der Waals surface area contributed by atoms with Gasteiger partial charge in [-0.25, -0.2) is 4.98 Å². The van der Waals surface area contributed by atoms with E-state index in [1.54, 1.807) is 7.11 Å². The molecule has 0 aromatic carbocycles. The second-order valence-corrected chi connectivity index (χ2v) is 5.00. The number of hydrogen-bond acceptors (Lipinski definition) is 3. The maximum atomic E-state index is 5.12. The number of imidazole rings is 1. The van der Waals surface area contributed by atoms with Crippen molar-refractivity contribution >= 4 is 0 Å². The smallest absolute Gasteiger partial charge is 0.126 e. The maximum Gasteiger partial charge on any atom is 0.126 e. The summed E-state index contributed by atoms with van der Waals surface area (Å²) in [5.41, 5.74) is 0.538. The normalized spacial score (nSPS) is 26.4. The summed E-state index contributed by atoms with van der Waals surface area (Å²) in [5.74, 6) is 1.20. The average Bonchev–Trinajstić information content (AvgIpc) is 2.59. The lowest BCUT2D eigenvalue weighted by atomic mass is 9.59. The van der Waals surface area contributed by atoms with Crippen LogP contribution in [0.25, 0.3) is 0 Å². The molecule has 16 heavy (non-hydrogen) atoms. The molecule has 1 saturated carbocycles. The van der Waals surface area contributed by atoms with Crippen LogP contribution in [0.5, 0.6) is 0 Å². The molecule has 2 fully saturated rings. The van der Waals surface area contributed by atoms with Crippen molar-refractivity contribution in [2.24, 2.45) is 5.41 Å². The van der Waals surface area contributed by atoms with Crippen molar-refractivity contribution in [3.8, 4) is 0 Å². The third-order valence-corrected chi connectivity index (χ3v) is 4.16. The number of methoxy groups -OCH3 is 1. The Kier molecular flexibility index (Phi) is 2.48. The van der Waals surface area contributed by atoms with E-state index in [0.29, 0.717) is 11.5 Å². The molecule has 1 aliphatic heterocycles. The highest BCUT2D eigenvalue weighted by atomic mass is 16.5. The number of nitrogens with zero attached hydrogens (tertiary/aromatic N) is 2. The molecule has 1 saturated heterocycles. The Labute approximate surface area is 96.0 Å². The minimum Gasteiger partial charge on any atom is -0.383 e. The lowest BCUT2D eigenvalue weighted by Gasteiger charge is -2.56. The lowest BCUT2D eigenvalue weighted by Crippen LogP contribution is -2.60. The summed E-state index contributed by atoms with van der Waals surface area (Å²) < 4.78 is 7.35. The fourth-order valence-electron chi connectivity index (χ4n) is 2.91. The zero-order valence-electron chi connectivity index (χ0n) is 9.78. The van der Waals surface area contributed by atoms with Crippen molar-refractivity contribution in [2.75, 3.05) is 20.3 Å². The van der Waals surface area contributed by atoms with Crippen molar-refractivity contribution in [3.05, 3.63) is 18.2 Å². The topological polar surface area (TPSA) is 39.1 Å². The summed E-state index contributed by atoms with van der Waals surface area (Å²) in [4.78, 5) is 4.51. The zero-order valence-corrected chi connectivity index (χ0v) is 9.78. The Morgan fingerprint density at radius 2 is 2.50 bits per heavy atom. The van der Waals surface area contributed by atoms with E-state index < -0.39 is 0 Å². The second-order valence-electron chi connectivity index (χ2n) is 5.00. The molecule has 0 radical (unpaired) electrons.